The summed E-state index contributed by atoms with van der Waals surface area (Å²) in [4.78, 5) is 6.88. The third kappa shape index (κ3) is 4.43. The second kappa shape index (κ2) is 8.08. The Balaban J connectivity index is 1.95. The Morgan fingerprint density at radius 3 is 2.74 bits per heavy atom. The summed E-state index contributed by atoms with van der Waals surface area (Å²) in [5, 5.41) is 8.28. The standard InChI is InChI=1S/C17H30N4OS/c1-11(2)15-10-21(7-8-23-15)17(18-6)19-9-12(3)16-13(4)20-22-14(16)5/h11-12,15H,7-10H2,1-6H3,(H,18,19). The quantitative estimate of drug-likeness (QED) is 0.675. The number of rotatable bonds is 4. The van der Waals surface area contributed by atoms with Crippen LogP contribution in [0.15, 0.2) is 9.52 Å². The fraction of sp³-hybridized carbons (Fsp3) is 0.765. The molecule has 130 valence electrons. The molecule has 1 aromatic rings. The number of hydrogen-bond donors (Lipinski definition) is 1. The fourth-order valence-corrected chi connectivity index (χ4v) is 4.44. The Labute approximate surface area is 144 Å². The molecule has 0 amide bonds. The molecule has 6 heteroatoms. The van der Waals surface area contributed by atoms with E-state index in [1.54, 1.807) is 0 Å². The lowest BCUT2D eigenvalue weighted by Crippen LogP contribution is -2.49. The van der Waals surface area contributed by atoms with E-state index in [2.05, 4.69) is 52.9 Å². The van der Waals surface area contributed by atoms with Crippen molar-refractivity contribution in [2.24, 2.45) is 10.9 Å². The number of guanidine groups is 1. The van der Waals surface area contributed by atoms with Crippen molar-refractivity contribution in [3.8, 4) is 0 Å². The van der Waals surface area contributed by atoms with Gasteiger partial charge in [-0.25, -0.2) is 0 Å². The van der Waals surface area contributed by atoms with Crippen LogP contribution in [0.4, 0.5) is 0 Å². The smallest absolute Gasteiger partial charge is 0.193 e. The maximum Gasteiger partial charge on any atom is 0.193 e. The van der Waals surface area contributed by atoms with Crippen LogP contribution in [0.2, 0.25) is 0 Å². The van der Waals surface area contributed by atoms with Gasteiger partial charge in [0.2, 0.25) is 0 Å². The van der Waals surface area contributed by atoms with Crippen molar-refractivity contribution in [3.05, 3.63) is 17.0 Å². The van der Waals surface area contributed by atoms with Crippen LogP contribution in [0, 0.1) is 19.8 Å². The maximum atomic E-state index is 5.29. The number of aromatic nitrogens is 1. The van der Waals surface area contributed by atoms with Gasteiger partial charge in [-0.05, 0) is 19.8 Å². The minimum atomic E-state index is 0.345. The van der Waals surface area contributed by atoms with Crippen molar-refractivity contribution in [1.29, 1.82) is 0 Å². The van der Waals surface area contributed by atoms with E-state index in [1.165, 1.54) is 11.3 Å². The summed E-state index contributed by atoms with van der Waals surface area (Å²) in [6, 6.07) is 0. The second-order valence-corrected chi connectivity index (χ2v) is 8.01. The van der Waals surface area contributed by atoms with Gasteiger partial charge >= 0.3 is 0 Å². The zero-order chi connectivity index (χ0) is 17.0. The van der Waals surface area contributed by atoms with E-state index in [1.807, 2.05) is 20.9 Å². The van der Waals surface area contributed by atoms with Crippen molar-refractivity contribution in [3.63, 3.8) is 0 Å². The molecule has 0 aromatic carbocycles. The SMILES string of the molecule is CN=C(NCC(C)c1c(C)noc1C)N1CCSC(C(C)C)C1. The molecule has 0 aliphatic carbocycles. The van der Waals surface area contributed by atoms with E-state index in [-0.39, 0.29) is 0 Å². The van der Waals surface area contributed by atoms with Crippen molar-refractivity contribution in [2.45, 2.75) is 45.8 Å². The van der Waals surface area contributed by atoms with Gasteiger partial charge in [0, 0.05) is 49.2 Å². The minimum absolute atomic E-state index is 0.345. The van der Waals surface area contributed by atoms with Crippen LogP contribution in [0.3, 0.4) is 0 Å². The van der Waals surface area contributed by atoms with Crippen LogP contribution < -0.4 is 5.32 Å². The first-order valence-electron chi connectivity index (χ1n) is 8.44. The maximum absolute atomic E-state index is 5.29. The molecule has 2 heterocycles. The number of aliphatic imine (C=N–C) groups is 1. The molecule has 0 bridgehead atoms. The van der Waals surface area contributed by atoms with Gasteiger partial charge in [-0.2, -0.15) is 11.8 Å². The first kappa shape index (κ1) is 18.2. The molecule has 1 aliphatic heterocycles. The molecule has 0 saturated carbocycles. The van der Waals surface area contributed by atoms with E-state index >= 15 is 0 Å². The summed E-state index contributed by atoms with van der Waals surface area (Å²) in [6.45, 7) is 13.8. The molecule has 5 nitrogen and oxygen atoms in total. The van der Waals surface area contributed by atoms with Crippen molar-refractivity contribution in [1.82, 2.24) is 15.4 Å². The van der Waals surface area contributed by atoms with Crippen LogP contribution in [-0.2, 0) is 0 Å². The summed E-state index contributed by atoms with van der Waals surface area (Å²) >= 11 is 2.08. The molecule has 0 spiro atoms. The number of hydrogen-bond acceptors (Lipinski definition) is 4. The summed E-state index contributed by atoms with van der Waals surface area (Å²) in [6.07, 6.45) is 0. The number of nitrogens with one attached hydrogen (secondary N) is 1. The minimum Gasteiger partial charge on any atom is -0.361 e. The van der Waals surface area contributed by atoms with Crippen LogP contribution in [0.5, 0.6) is 0 Å². The monoisotopic (exact) mass is 338 g/mol. The van der Waals surface area contributed by atoms with Gasteiger partial charge in [-0.3, -0.25) is 4.99 Å². The van der Waals surface area contributed by atoms with Crippen molar-refractivity contribution in [2.75, 3.05) is 32.4 Å². The third-order valence-electron chi connectivity index (χ3n) is 4.50. The topological polar surface area (TPSA) is 53.7 Å². The Hall–Kier alpha value is -1.17. The molecule has 1 fully saturated rings. The van der Waals surface area contributed by atoms with Crippen LogP contribution in [0.25, 0.3) is 0 Å². The lowest BCUT2D eigenvalue weighted by atomic mass is 10.00. The molecule has 2 rings (SSSR count). The molecule has 23 heavy (non-hydrogen) atoms. The third-order valence-corrected chi connectivity index (χ3v) is 6.04. The van der Waals surface area contributed by atoms with Gasteiger partial charge < -0.3 is 14.7 Å². The molecular weight excluding hydrogens is 308 g/mol. The highest BCUT2D eigenvalue weighted by Gasteiger charge is 2.25. The van der Waals surface area contributed by atoms with E-state index in [0.717, 1.165) is 37.0 Å². The average Bonchev–Trinajstić information content (AvgIpc) is 2.87. The molecule has 2 unspecified atom stereocenters. The molecule has 1 aliphatic rings. The van der Waals surface area contributed by atoms with E-state index in [9.17, 15) is 0 Å². The van der Waals surface area contributed by atoms with Gasteiger partial charge in [-0.15, -0.1) is 0 Å². The highest BCUT2D eigenvalue weighted by Crippen LogP contribution is 2.25. The molecule has 0 radical (unpaired) electrons. The summed E-state index contributed by atoms with van der Waals surface area (Å²) in [5.41, 5.74) is 2.20. The number of thioether (sulfide) groups is 1. The molecule has 2 atom stereocenters. The Morgan fingerprint density at radius 2 is 2.17 bits per heavy atom. The molecule has 1 N–H and O–H groups in total. The molecular formula is C17H30N4OS. The zero-order valence-electron chi connectivity index (χ0n) is 15.2. The van der Waals surface area contributed by atoms with Gasteiger partial charge in [0.1, 0.15) is 5.76 Å². The summed E-state index contributed by atoms with van der Waals surface area (Å²) in [7, 11) is 1.87. The average molecular weight is 339 g/mol. The predicted octanol–water partition coefficient (Wildman–Crippen LogP) is 3.04. The number of aryl methyl sites for hydroxylation is 2. The predicted molar refractivity (Wildman–Crippen MR) is 98.4 cm³/mol. The van der Waals surface area contributed by atoms with Gasteiger partial charge in [-0.1, -0.05) is 25.9 Å². The van der Waals surface area contributed by atoms with Crippen molar-refractivity contribution < 1.29 is 4.52 Å². The highest BCUT2D eigenvalue weighted by atomic mass is 32.2. The van der Waals surface area contributed by atoms with Crippen molar-refractivity contribution >= 4 is 17.7 Å². The van der Waals surface area contributed by atoms with Gasteiger partial charge in [0.15, 0.2) is 5.96 Å². The summed E-state index contributed by atoms with van der Waals surface area (Å²) in [5.74, 6) is 4.14. The Kier molecular flexibility index (Phi) is 6.39. The van der Waals surface area contributed by atoms with E-state index in [4.69, 9.17) is 4.52 Å². The fourth-order valence-electron chi connectivity index (χ4n) is 3.14. The second-order valence-electron chi connectivity index (χ2n) is 6.67. The zero-order valence-corrected chi connectivity index (χ0v) is 16.0. The Bertz CT molecular complexity index is 521. The van der Waals surface area contributed by atoms with Gasteiger partial charge in [0.05, 0.1) is 5.69 Å². The number of nitrogens with zero attached hydrogens (tertiary/aromatic N) is 3. The lowest BCUT2D eigenvalue weighted by Gasteiger charge is -2.36. The first-order chi connectivity index (χ1) is 10.9. The first-order valence-corrected chi connectivity index (χ1v) is 9.48. The lowest BCUT2D eigenvalue weighted by molar-refractivity contribution is 0.379. The molecule has 1 saturated heterocycles. The van der Waals surface area contributed by atoms with Crippen LogP contribution >= 0.6 is 11.8 Å². The largest absolute Gasteiger partial charge is 0.361 e. The van der Waals surface area contributed by atoms with Crippen LogP contribution in [0.1, 0.15) is 43.7 Å². The van der Waals surface area contributed by atoms with Gasteiger partial charge in [0.25, 0.3) is 0 Å². The van der Waals surface area contributed by atoms with E-state index in [0.29, 0.717) is 17.1 Å². The van der Waals surface area contributed by atoms with Crippen LogP contribution in [-0.4, -0.2) is 53.7 Å². The Morgan fingerprint density at radius 1 is 1.43 bits per heavy atom. The van der Waals surface area contributed by atoms with E-state index < -0.39 is 0 Å². The normalized spacial score (nSPS) is 20.9. The summed E-state index contributed by atoms with van der Waals surface area (Å²) < 4.78 is 5.29. The highest BCUT2D eigenvalue weighted by molar-refractivity contribution is 8.00. The molecule has 1 aromatic heterocycles.